The van der Waals surface area contributed by atoms with Crippen LogP contribution in [0.1, 0.15) is 30.1 Å². The van der Waals surface area contributed by atoms with Crippen molar-refractivity contribution >= 4 is 21.9 Å². The molecule has 0 spiro atoms. The SMILES string of the molecule is COc1ccc(C(=O)N(C)CC(C)C(=O)O)cc1S(=O)(=O)NC1CC1. The van der Waals surface area contributed by atoms with E-state index in [1.54, 1.807) is 0 Å². The number of carbonyl (C=O) groups excluding carboxylic acids is 1. The summed E-state index contributed by atoms with van der Waals surface area (Å²) in [5.74, 6) is -2.05. The molecule has 138 valence electrons. The summed E-state index contributed by atoms with van der Waals surface area (Å²) >= 11 is 0. The summed E-state index contributed by atoms with van der Waals surface area (Å²) in [6, 6.07) is 4.06. The molecule has 2 N–H and O–H groups in total. The van der Waals surface area contributed by atoms with E-state index in [1.165, 1.54) is 44.2 Å². The number of carboxylic acid groups (broad SMARTS) is 1. The van der Waals surface area contributed by atoms with Crippen LogP contribution in [0.2, 0.25) is 0 Å². The molecule has 8 nitrogen and oxygen atoms in total. The second kappa shape index (κ2) is 7.40. The Morgan fingerprint density at radius 3 is 2.56 bits per heavy atom. The first-order chi connectivity index (χ1) is 11.7. The first-order valence-corrected chi connectivity index (χ1v) is 9.32. The summed E-state index contributed by atoms with van der Waals surface area (Å²) in [7, 11) is -0.968. The molecular weight excluding hydrogens is 348 g/mol. The number of hydrogen-bond donors (Lipinski definition) is 2. The van der Waals surface area contributed by atoms with Gasteiger partial charge in [0.2, 0.25) is 10.0 Å². The Morgan fingerprint density at radius 2 is 2.04 bits per heavy atom. The van der Waals surface area contributed by atoms with Gasteiger partial charge in [0, 0.05) is 25.2 Å². The van der Waals surface area contributed by atoms with E-state index in [0.717, 1.165) is 12.8 Å². The minimum atomic E-state index is -3.80. The predicted molar refractivity (Wildman–Crippen MR) is 90.1 cm³/mol. The zero-order valence-electron chi connectivity index (χ0n) is 14.4. The number of nitrogens with zero attached hydrogens (tertiary/aromatic N) is 1. The quantitative estimate of drug-likeness (QED) is 0.704. The molecule has 1 saturated carbocycles. The first kappa shape index (κ1) is 19.2. The van der Waals surface area contributed by atoms with E-state index >= 15 is 0 Å². The fourth-order valence-electron chi connectivity index (χ4n) is 2.30. The van der Waals surface area contributed by atoms with Crippen molar-refractivity contribution in [3.8, 4) is 5.75 Å². The van der Waals surface area contributed by atoms with Gasteiger partial charge in [-0.15, -0.1) is 0 Å². The molecule has 1 aliphatic rings. The third-order valence-corrected chi connectivity index (χ3v) is 5.46. The summed E-state index contributed by atoms with van der Waals surface area (Å²) in [6.45, 7) is 1.51. The second-order valence-corrected chi connectivity index (χ2v) is 7.87. The maximum Gasteiger partial charge on any atom is 0.308 e. The van der Waals surface area contributed by atoms with E-state index in [-0.39, 0.29) is 28.8 Å². The average Bonchev–Trinajstić information content (AvgIpc) is 3.36. The number of aliphatic carboxylic acids is 1. The zero-order valence-corrected chi connectivity index (χ0v) is 15.2. The van der Waals surface area contributed by atoms with Crippen LogP contribution >= 0.6 is 0 Å². The second-order valence-electron chi connectivity index (χ2n) is 6.19. The molecule has 0 bridgehead atoms. The monoisotopic (exact) mass is 370 g/mol. The summed E-state index contributed by atoms with van der Waals surface area (Å²) in [4.78, 5) is 24.6. The largest absolute Gasteiger partial charge is 0.495 e. The van der Waals surface area contributed by atoms with Gasteiger partial charge in [0.25, 0.3) is 5.91 Å². The highest BCUT2D eigenvalue weighted by Gasteiger charge is 2.30. The first-order valence-electron chi connectivity index (χ1n) is 7.84. The number of benzene rings is 1. The average molecular weight is 370 g/mol. The molecule has 1 aromatic rings. The van der Waals surface area contributed by atoms with Crippen LogP contribution < -0.4 is 9.46 Å². The molecule has 0 aromatic heterocycles. The number of carboxylic acids is 1. The van der Waals surface area contributed by atoms with Crippen molar-refractivity contribution in [2.45, 2.75) is 30.7 Å². The molecule has 9 heteroatoms. The summed E-state index contributed by atoms with van der Waals surface area (Å²) in [5, 5.41) is 8.95. The Balaban J connectivity index is 2.28. The number of carbonyl (C=O) groups is 2. The van der Waals surface area contributed by atoms with Crippen LogP contribution in [0.3, 0.4) is 0 Å². The smallest absolute Gasteiger partial charge is 0.308 e. The molecule has 2 rings (SSSR count). The lowest BCUT2D eigenvalue weighted by atomic mass is 10.1. The highest BCUT2D eigenvalue weighted by molar-refractivity contribution is 7.89. The molecule has 1 unspecified atom stereocenters. The van der Waals surface area contributed by atoms with Crippen LogP contribution in [0.25, 0.3) is 0 Å². The van der Waals surface area contributed by atoms with Crippen molar-refractivity contribution in [2.75, 3.05) is 20.7 Å². The van der Waals surface area contributed by atoms with Crippen molar-refractivity contribution in [1.29, 1.82) is 0 Å². The minimum Gasteiger partial charge on any atom is -0.495 e. The molecule has 0 heterocycles. The van der Waals surface area contributed by atoms with Crippen LogP contribution in [0.5, 0.6) is 5.75 Å². The third-order valence-electron chi connectivity index (χ3n) is 3.92. The van der Waals surface area contributed by atoms with Gasteiger partial charge in [-0.05, 0) is 31.0 Å². The number of rotatable bonds is 8. The molecular formula is C16H22N2O6S. The molecule has 1 atom stereocenters. The number of sulfonamides is 1. The van der Waals surface area contributed by atoms with Gasteiger partial charge in [0.1, 0.15) is 10.6 Å². The molecule has 0 radical (unpaired) electrons. The lowest BCUT2D eigenvalue weighted by Crippen LogP contribution is -2.34. The van der Waals surface area contributed by atoms with Gasteiger partial charge in [0.15, 0.2) is 0 Å². The Hall–Kier alpha value is -2.13. The number of nitrogens with one attached hydrogen (secondary N) is 1. The Bertz CT molecular complexity index is 773. The van der Waals surface area contributed by atoms with E-state index in [9.17, 15) is 18.0 Å². The van der Waals surface area contributed by atoms with E-state index in [4.69, 9.17) is 9.84 Å². The Labute approximate surface area is 146 Å². The van der Waals surface area contributed by atoms with Gasteiger partial charge in [-0.3, -0.25) is 9.59 Å². The van der Waals surface area contributed by atoms with Crippen molar-refractivity contribution in [1.82, 2.24) is 9.62 Å². The van der Waals surface area contributed by atoms with Gasteiger partial charge < -0.3 is 14.7 Å². The number of hydrogen-bond acceptors (Lipinski definition) is 5. The van der Waals surface area contributed by atoms with Gasteiger partial charge >= 0.3 is 5.97 Å². The van der Waals surface area contributed by atoms with E-state index < -0.39 is 27.8 Å². The van der Waals surface area contributed by atoms with Crippen molar-refractivity contribution < 1.29 is 27.9 Å². The molecule has 1 aliphatic carbocycles. The normalized spacial score (nSPS) is 15.5. The molecule has 0 saturated heterocycles. The van der Waals surface area contributed by atoms with Gasteiger partial charge in [-0.25, -0.2) is 13.1 Å². The minimum absolute atomic E-state index is 0.0165. The standard InChI is InChI=1S/C16H22N2O6S/c1-10(16(20)21)9-18(2)15(19)11-4-7-13(24-3)14(8-11)25(22,23)17-12-5-6-12/h4,7-8,10,12,17H,5-6,9H2,1-3H3,(H,20,21). The van der Waals surface area contributed by atoms with Crippen LogP contribution in [0, 0.1) is 5.92 Å². The van der Waals surface area contributed by atoms with E-state index in [0.29, 0.717) is 0 Å². The number of ether oxygens (including phenoxy) is 1. The Kier molecular flexibility index (Phi) is 5.69. The topological polar surface area (TPSA) is 113 Å². The molecule has 25 heavy (non-hydrogen) atoms. The fraction of sp³-hybridized carbons (Fsp3) is 0.500. The van der Waals surface area contributed by atoms with Crippen molar-refractivity contribution in [2.24, 2.45) is 5.92 Å². The predicted octanol–water partition coefficient (Wildman–Crippen LogP) is 0.929. The molecule has 1 amide bonds. The van der Waals surface area contributed by atoms with Crippen LogP contribution in [0.15, 0.2) is 23.1 Å². The van der Waals surface area contributed by atoms with Crippen LogP contribution in [0.4, 0.5) is 0 Å². The summed E-state index contributed by atoms with van der Waals surface area (Å²) in [6.07, 6.45) is 1.58. The van der Waals surface area contributed by atoms with E-state index in [1.807, 2.05) is 0 Å². The maximum absolute atomic E-state index is 12.5. The summed E-state index contributed by atoms with van der Waals surface area (Å²) in [5.41, 5.74) is 0.150. The molecule has 1 aromatic carbocycles. The van der Waals surface area contributed by atoms with Crippen molar-refractivity contribution in [3.05, 3.63) is 23.8 Å². The highest BCUT2D eigenvalue weighted by Crippen LogP contribution is 2.28. The third kappa shape index (κ3) is 4.70. The molecule has 1 fully saturated rings. The fourth-order valence-corrected chi connectivity index (χ4v) is 3.80. The van der Waals surface area contributed by atoms with Gasteiger partial charge in [-0.1, -0.05) is 6.92 Å². The summed E-state index contributed by atoms with van der Waals surface area (Å²) < 4.78 is 32.6. The molecule has 0 aliphatic heterocycles. The number of amides is 1. The van der Waals surface area contributed by atoms with Crippen LogP contribution in [-0.4, -0.2) is 57.0 Å². The van der Waals surface area contributed by atoms with Crippen LogP contribution in [-0.2, 0) is 14.8 Å². The lowest BCUT2D eigenvalue weighted by molar-refractivity contribution is -0.141. The zero-order chi connectivity index (χ0) is 18.8. The van der Waals surface area contributed by atoms with Gasteiger partial charge in [-0.2, -0.15) is 0 Å². The lowest BCUT2D eigenvalue weighted by Gasteiger charge is -2.20. The van der Waals surface area contributed by atoms with E-state index in [2.05, 4.69) is 4.72 Å². The number of methoxy groups -OCH3 is 1. The highest BCUT2D eigenvalue weighted by atomic mass is 32.2. The maximum atomic E-state index is 12.5. The van der Waals surface area contributed by atoms with Gasteiger partial charge in [0.05, 0.1) is 13.0 Å². The Morgan fingerprint density at radius 1 is 1.40 bits per heavy atom. The van der Waals surface area contributed by atoms with Crippen molar-refractivity contribution in [3.63, 3.8) is 0 Å².